The number of para-hydroxylation sites is 2. The highest BCUT2D eigenvalue weighted by Crippen LogP contribution is 2.17. The van der Waals surface area contributed by atoms with Crippen molar-refractivity contribution in [2.45, 2.75) is 32.9 Å². The summed E-state index contributed by atoms with van der Waals surface area (Å²) >= 11 is 0. The molecule has 2 rings (SSSR count). The van der Waals surface area contributed by atoms with Gasteiger partial charge in [-0.05, 0) is 25.6 Å². The molecule has 0 bridgehead atoms. The van der Waals surface area contributed by atoms with Crippen LogP contribution in [0.4, 0.5) is 0 Å². The summed E-state index contributed by atoms with van der Waals surface area (Å²) in [4.78, 5) is 4.76. The second-order valence-corrected chi connectivity index (χ2v) is 4.68. The summed E-state index contributed by atoms with van der Waals surface area (Å²) in [6, 6.07) is 8.63. The summed E-state index contributed by atoms with van der Waals surface area (Å²) in [5.41, 5.74) is 2.29. The molecule has 0 aliphatic heterocycles. The zero-order chi connectivity index (χ0) is 13.7. The van der Waals surface area contributed by atoms with Crippen LogP contribution in [0.5, 0.6) is 0 Å². The van der Waals surface area contributed by atoms with E-state index in [9.17, 15) is 0 Å². The molecule has 4 heteroatoms. The van der Waals surface area contributed by atoms with Crippen LogP contribution < -0.4 is 5.32 Å². The molecule has 1 aromatic carbocycles. The maximum atomic E-state index is 5.28. The Labute approximate surface area is 114 Å². The number of likely N-dealkylation sites (N-methyl/N-ethyl adjacent to an activating group) is 1. The van der Waals surface area contributed by atoms with Crippen molar-refractivity contribution in [2.75, 3.05) is 20.3 Å². The van der Waals surface area contributed by atoms with Gasteiger partial charge in [-0.15, -0.1) is 0 Å². The van der Waals surface area contributed by atoms with E-state index in [4.69, 9.17) is 9.72 Å². The Morgan fingerprint density at radius 2 is 2.11 bits per heavy atom. The number of ether oxygens (including phenoxy) is 1. The quantitative estimate of drug-likeness (QED) is 0.830. The summed E-state index contributed by atoms with van der Waals surface area (Å²) in [6.07, 6.45) is 0.893. The molecule has 19 heavy (non-hydrogen) atoms. The maximum Gasteiger partial charge on any atom is 0.111 e. The molecule has 0 radical (unpaired) electrons. The zero-order valence-corrected chi connectivity index (χ0v) is 12.0. The van der Waals surface area contributed by atoms with Crippen LogP contribution in [0.15, 0.2) is 24.3 Å². The van der Waals surface area contributed by atoms with E-state index in [0.29, 0.717) is 12.6 Å². The van der Waals surface area contributed by atoms with E-state index < -0.39 is 0 Å². The first-order valence-electron chi connectivity index (χ1n) is 6.96. The van der Waals surface area contributed by atoms with Crippen molar-refractivity contribution in [1.82, 2.24) is 14.9 Å². The highest BCUT2D eigenvalue weighted by Gasteiger charge is 2.14. The van der Waals surface area contributed by atoms with Gasteiger partial charge in [-0.2, -0.15) is 0 Å². The van der Waals surface area contributed by atoms with Crippen molar-refractivity contribution in [3.8, 4) is 0 Å². The lowest BCUT2D eigenvalue weighted by molar-refractivity contribution is 0.165. The molecule has 0 amide bonds. The van der Waals surface area contributed by atoms with Gasteiger partial charge in [-0.25, -0.2) is 4.98 Å². The van der Waals surface area contributed by atoms with Crippen molar-refractivity contribution in [3.05, 3.63) is 30.1 Å². The van der Waals surface area contributed by atoms with E-state index in [1.807, 2.05) is 6.07 Å². The first kappa shape index (κ1) is 14.0. The molecular formula is C15H23N3O. The van der Waals surface area contributed by atoms with Crippen LogP contribution >= 0.6 is 0 Å². The smallest absolute Gasteiger partial charge is 0.111 e. The molecule has 104 valence electrons. The highest BCUT2D eigenvalue weighted by atomic mass is 16.5. The summed E-state index contributed by atoms with van der Waals surface area (Å²) in [7, 11) is 1.74. The fraction of sp³-hybridized carbons (Fsp3) is 0.533. The van der Waals surface area contributed by atoms with Crippen LogP contribution in [0.2, 0.25) is 0 Å². The topological polar surface area (TPSA) is 39.1 Å². The number of fused-ring (bicyclic) bond motifs is 1. The number of nitrogens with zero attached hydrogens (tertiary/aromatic N) is 2. The molecule has 1 atom stereocenters. The first-order chi connectivity index (χ1) is 9.30. The number of imidazole rings is 1. The van der Waals surface area contributed by atoms with Gasteiger partial charge < -0.3 is 14.6 Å². The molecule has 0 saturated heterocycles. The minimum absolute atomic E-state index is 0.317. The van der Waals surface area contributed by atoms with Crippen LogP contribution in [0.1, 0.15) is 19.7 Å². The van der Waals surface area contributed by atoms with Crippen molar-refractivity contribution in [2.24, 2.45) is 0 Å². The second kappa shape index (κ2) is 6.68. The van der Waals surface area contributed by atoms with Crippen molar-refractivity contribution < 1.29 is 4.74 Å². The van der Waals surface area contributed by atoms with E-state index in [1.165, 1.54) is 5.52 Å². The van der Waals surface area contributed by atoms with Gasteiger partial charge in [0.05, 0.1) is 17.6 Å². The van der Waals surface area contributed by atoms with E-state index >= 15 is 0 Å². The predicted octanol–water partition coefficient (Wildman–Crippen LogP) is 2.22. The Morgan fingerprint density at radius 1 is 1.32 bits per heavy atom. The average Bonchev–Trinajstić information content (AvgIpc) is 2.76. The lowest BCUT2D eigenvalue weighted by Crippen LogP contribution is -2.35. The molecule has 0 saturated carbocycles. The second-order valence-electron chi connectivity index (χ2n) is 4.68. The van der Waals surface area contributed by atoms with Gasteiger partial charge in [0.15, 0.2) is 0 Å². The predicted molar refractivity (Wildman–Crippen MR) is 78.5 cm³/mol. The molecule has 0 aliphatic carbocycles. The average molecular weight is 261 g/mol. The maximum absolute atomic E-state index is 5.28. The molecule has 0 aliphatic rings. The number of aromatic nitrogens is 2. The number of hydrogen-bond acceptors (Lipinski definition) is 3. The minimum Gasteiger partial charge on any atom is -0.383 e. The number of rotatable bonds is 7. The van der Waals surface area contributed by atoms with E-state index in [0.717, 1.165) is 30.9 Å². The normalized spacial score (nSPS) is 13.0. The molecular weight excluding hydrogens is 238 g/mol. The first-order valence-corrected chi connectivity index (χ1v) is 6.96. The fourth-order valence-electron chi connectivity index (χ4n) is 2.53. The summed E-state index contributed by atoms with van der Waals surface area (Å²) in [5.74, 6) is 1.13. The van der Waals surface area contributed by atoms with Crippen LogP contribution in [-0.2, 0) is 17.7 Å². The molecule has 0 spiro atoms. The molecule has 1 aromatic heterocycles. The molecule has 1 unspecified atom stereocenters. The molecule has 1 N–H and O–H groups in total. The summed E-state index contributed by atoms with van der Waals surface area (Å²) < 4.78 is 7.56. The van der Waals surface area contributed by atoms with E-state index in [-0.39, 0.29) is 0 Å². The van der Waals surface area contributed by atoms with Crippen LogP contribution in [0.3, 0.4) is 0 Å². The standard InChI is InChI=1S/C15H23N3O/c1-4-16-12(11-19-3)10-15-17-13-8-6-7-9-14(13)18(15)5-2/h6-9,12,16H,4-5,10-11H2,1-3H3. The zero-order valence-electron chi connectivity index (χ0n) is 12.0. The van der Waals surface area contributed by atoms with Gasteiger partial charge in [0.2, 0.25) is 0 Å². The molecule has 4 nitrogen and oxygen atoms in total. The van der Waals surface area contributed by atoms with Gasteiger partial charge in [0.25, 0.3) is 0 Å². The van der Waals surface area contributed by atoms with E-state index in [1.54, 1.807) is 7.11 Å². The molecule has 2 aromatic rings. The van der Waals surface area contributed by atoms with Gasteiger partial charge in [-0.3, -0.25) is 0 Å². The van der Waals surface area contributed by atoms with Crippen LogP contribution in [0.25, 0.3) is 11.0 Å². The summed E-state index contributed by atoms with van der Waals surface area (Å²) in [5, 5.41) is 3.45. The Hall–Kier alpha value is -1.39. The monoisotopic (exact) mass is 261 g/mol. The van der Waals surface area contributed by atoms with Crippen LogP contribution in [-0.4, -0.2) is 35.9 Å². The number of hydrogen-bond donors (Lipinski definition) is 1. The third kappa shape index (κ3) is 3.14. The lowest BCUT2D eigenvalue weighted by atomic mass is 10.2. The molecule has 0 fully saturated rings. The Bertz CT molecular complexity index is 515. The van der Waals surface area contributed by atoms with Crippen LogP contribution in [0, 0.1) is 0 Å². The molecule has 1 heterocycles. The van der Waals surface area contributed by atoms with Gasteiger partial charge in [-0.1, -0.05) is 19.1 Å². The number of aryl methyl sites for hydroxylation is 1. The highest BCUT2D eigenvalue weighted by molar-refractivity contribution is 5.75. The lowest BCUT2D eigenvalue weighted by Gasteiger charge is -2.17. The van der Waals surface area contributed by atoms with Gasteiger partial charge >= 0.3 is 0 Å². The van der Waals surface area contributed by atoms with Gasteiger partial charge in [0, 0.05) is 26.1 Å². The fourth-order valence-corrected chi connectivity index (χ4v) is 2.53. The third-order valence-corrected chi connectivity index (χ3v) is 3.34. The SMILES string of the molecule is CCNC(COC)Cc1nc2ccccc2n1CC. The third-order valence-electron chi connectivity index (χ3n) is 3.34. The Morgan fingerprint density at radius 3 is 2.79 bits per heavy atom. The Kier molecular flexibility index (Phi) is 4.93. The Balaban J connectivity index is 2.27. The van der Waals surface area contributed by atoms with Crippen molar-refractivity contribution in [3.63, 3.8) is 0 Å². The number of nitrogens with one attached hydrogen (secondary N) is 1. The minimum atomic E-state index is 0.317. The van der Waals surface area contributed by atoms with Crippen molar-refractivity contribution >= 4 is 11.0 Å². The van der Waals surface area contributed by atoms with Gasteiger partial charge in [0.1, 0.15) is 5.82 Å². The van der Waals surface area contributed by atoms with E-state index in [2.05, 4.69) is 41.9 Å². The van der Waals surface area contributed by atoms with Crippen molar-refractivity contribution in [1.29, 1.82) is 0 Å². The largest absolute Gasteiger partial charge is 0.383 e. The number of methoxy groups -OCH3 is 1. The summed E-state index contributed by atoms with van der Waals surface area (Å²) in [6.45, 7) is 6.88. The number of benzene rings is 1.